The maximum Gasteiger partial charge on any atom is 0.387 e. The number of alkyl halides is 2. The summed E-state index contributed by atoms with van der Waals surface area (Å²) in [6.07, 6.45) is 3.92. The summed E-state index contributed by atoms with van der Waals surface area (Å²) in [5.41, 5.74) is 1.66. The Bertz CT molecular complexity index is 1130. The summed E-state index contributed by atoms with van der Waals surface area (Å²) in [5.74, 6) is -0.365. The highest BCUT2D eigenvalue weighted by Crippen LogP contribution is 2.40. The topological polar surface area (TPSA) is 63.2 Å². The van der Waals surface area contributed by atoms with Gasteiger partial charge in [-0.05, 0) is 119 Å². The average molecular weight is 687 g/mol. The van der Waals surface area contributed by atoms with Crippen molar-refractivity contribution in [1.82, 2.24) is 0 Å². The highest BCUT2D eigenvalue weighted by molar-refractivity contribution is 6.76. The molecule has 0 spiro atoms. The molecule has 0 N–H and O–H groups in total. The maximum absolute atomic E-state index is 13.2. The second-order valence-corrected chi connectivity index (χ2v) is 27.1. The first-order valence-corrected chi connectivity index (χ1v) is 23.8. The van der Waals surface area contributed by atoms with Gasteiger partial charge in [0.05, 0.1) is 24.4 Å². The molecule has 5 atom stereocenters. The van der Waals surface area contributed by atoms with Crippen LogP contribution in [-0.2, 0) is 25.1 Å². The molecule has 1 aromatic rings. The Balaban J connectivity index is 2.11. The Labute approximate surface area is 280 Å². The number of rotatable bonds is 17. The lowest BCUT2D eigenvalue weighted by Crippen LogP contribution is -2.44. The summed E-state index contributed by atoms with van der Waals surface area (Å²) in [6, 6.07) is 3.90. The number of carbonyl (C=O) groups excluding carboxylic acids is 1. The summed E-state index contributed by atoms with van der Waals surface area (Å²) in [6.45, 7) is 27.9. The van der Waals surface area contributed by atoms with E-state index in [0.717, 1.165) is 18.9 Å². The zero-order valence-electron chi connectivity index (χ0n) is 31.3. The van der Waals surface area contributed by atoms with Gasteiger partial charge in [-0.3, -0.25) is 0 Å². The minimum atomic E-state index is -2.94. The third-order valence-electron chi connectivity index (χ3n) is 9.79. The Morgan fingerprint density at radius 1 is 1.02 bits per heavy atom. The molecular weight excluding hydrogens is 623 g/mol. The van der Waals surface area contributed by atoms with E-state index < -0.39 is 34.8 Å². The van der Waals surface area contributed by atoms with Gasteiger partial charge in [0.2, 0.25) is 0 Å². The zero-order chi connectivity index (χ0) is 35.3. The van der Waals surface area contributed by atoms with Crippen LogP contribution in [0.1, 0.15) is 103 Å². The van der Waals surface area contributed by atoms with Crippen molar-refractivity contribution < 1.29 is 36.9 Å². The number of hydrogen-bond donors (Lipinski definition) is 0. The smallest absolute Gasteiger partial charge is 0.387 e. The van der Waals surface area contributed by atoms with Gasteiger partial charge >= 0.3 is 12.6 Å². The van der Waals surface area contributed by atoms with Crippen LogP contribution in [0.25, 0.3) is 0 Å². The number of aryl methyl sites for hydroxylation is 2. The lowest BCUT2D eigenvalue weighted by Gasteiger charge is -2.40. The minimum Gasteiger partial charge on any atom is -0.462 e. The molecule has 46 heavy (non-hydrogen) atoms. The van der Waals surface area contributed by atoms with Gasteiger partial charge in [-0.1, -0.05) is 54.3 Å². The summed E-state index contributed by atoms with van der Waals surface area (Å²) in [7, 11) is -3.23. The van der Waals surface area contributed by atoms with Gasteiger partial charge in [-0.15, -0.1) is 0 Å². The standard InChI is InChI=1S/C36H64F2O6Si2/c1-24(27(4)44-46(13,14)35(5,6)7)18-19-25(2)32-30(42-36(8,9)43-32)17-15-16-28-23-29(41-34(37)38)22-26(3)31(28)33(39)40-20-21-45(10,11)12/h22-25,27,30,32,34H,15-21H2,1-14H3/t24-,25?,27+,30+,32-/m1/s1. The van der Waals surface area contributed by atoms with Gasteiger partial charge in [0.25, 0.3) is 0 Å². The Hall–Kier alpha value is -1.34. The maximum atomic E-state index is 13.2. The predicted molar refractivity (Wildman–Crippen MR) is 188 cm³/mol. The number of halogens is 2. The number of ether oxygens (including phenoxy) is 4. The van der Waals surface area contributed by atoms with E-state index in [4.69, 9.17) is 23.4 Å². The molecule has 0 aromatic heterocycles. The van der Waals surface area contributed by atoms with E-state index in [2.05, 4.69) is 74.3 Å². The first-order valence-electron chi connectivity index (χ1n) is 17.2. The number of benzene rings is 1. The molecule has 0 amide bonds. The molecule has 0 aliphatic carbocycles. The van der Waals surface area contributed by atoms with E-state index in [1.54, 1.807) is 13.0 Å². The molecule has 1 aliphatic heterocycles. The normalized spacial score (nSPS) is 20.9. The molecule has 6 nitrogen and oxygen atoms in total. The predicted octanol–water partition coefficient (Wildman–Crippen LogP) is 10.4. The Morgan fingerprint density at radius 3 is 2.22 bits per heavy atom. The number of esters is 1. The molecule has 1 saturated heterocycles. The zero-order valence-corrected chi connectivity index (χ0v) is 33.3. The minimum absolute atomic E-state index is 0.0510. The van der Waals surface area contributed by atoms with Crippen LogP contribution in [0.2, 0.25) is 43.8 Å². The van der Waals surface area contributed by atoms with Gasteiger partial charge in [-0.2, -0.15) is 8.78 Å². The van der Waals surface area contributed by atoms with Crippen molar-refractivity contribution in [3.8, 4) is 5.75 Å². The van der Waals surface area contributed by atoms with Crippen LogP contribution in [0.5, 0.6) is 5.75 Å². The highest BCUT2D eigenvalue weighted by atomic mass is 28.4. The summed E-state index contributed by atoms with van der Waals surface area (Å²) < 4.78 is 56.1. The lowest BCUT2D eigenvalue weighted by atomic mass is 9.88. The highest BCUT2D eigenvalue weighted by Gasteiger charge is 2.44. The molecule has 10 heteroatoms. The molecular formula is C36H64F2O6Si2. The van der Waals surface area contributed by atoms with Crippen molar-refractivity contribution in [2.24, 2.45) is 11.8 Å². The Morgan fingerprint density at radius 2 is 1.65 bits per heavy atom. The first-order chi connectivity index (χ1) is 20.9. The van der Waals surface area contributed by atoms with Crippen molar-refractivity contribution in [3.05, 3.63) is 28.8 Å². The molecule has 0 radical (unpaired) electrons. The summed E-state index contributed by atoms with van der Waals surface area (Å²) in [4.78, 5) is 13.2. The van der Waals surface area contributed by atoms with Crippen molar-refractivity contribution >= 4 is 22.4 Å². The molecule has 1 heterocycles. The quantitative estimate of drug-likeness (QED) is 0.120. The van der Waals surface area contributed by atoms with Crippen LogP contribution >= 0.6 is 0 Å². The van der Waals surface area contributed by atoms with E-state index in [-0.39, 0.29) is 35.0 Å². The van der Waals surface area contributed by atoms with E-state index in [1.807, 2.05) is 13.8 Å². The van der Waals surface area contributed by atoms with E-state index >= 15 is 0 Å². The molecule has 2 rings (SSSR count). The van der Waals surface area contributed by atoms with Crippen LogP contribution in [0.4, 0.5) is 8.78 Å². The molecule has 266 valence electrons. The van der Waals surface area contributed by atoms with E-state index in [1.165, 1.54) is 6.07 Å². The fourth-order valence-corrected chi connectivity index (χ4v) is 7.98. The third-order valence-corrected chi connectivity index (χ3v) is 16.1. The van der Waals surface area contributed by atoms with Crippen molar-refractivity contribution in [2.45, 2.75) is 169 Å². The number of carbonyl (C=O) groups is 1. The second kappa shape index (κ2) is 16.4. The van der Waals surface area contributed by atoms with Gasteiger partial charge in [-0.25, -0.2) is 4.79 Å². The van der Waals surface area contributed by atoms with Crippen molar-refractivity contribution in [1.29, 1.82) is 0 Å². The molecule has 0 bridgehead atoms. The fraction of sp³-hybridized carbons (Fsp3) is 0.806. The van der Waals surface area contributed by atoms with Gasteiger partial charge < -0.3 is 23.4 Å². The second-order valence-electron chi connectivity index (χ2n) is 16.7. The van der Waals surface area contributed by atoms with Gasteiger partial charge in [0.1, 0.15) is 5.75 Å². The molecule has 1 aliphatic rings. The summed E-state index contributed by atoms with van der Waals surface area (Å²) >= 11 is 0. The number of hydrogen-bond acceptors (Lipinski definition) is 6. The third kappa shape index (κ3) is 12.6. The van der Waals surface area contributed by atoms with Crippen LogP contribution in [0.3, 0.4) is 0 Å². The molecule has 1 aromatic carbocycles. The average Bonchev–Trinajstić information content (AvgIpc) is 3.18. The van der Waals surface area contributed by atoms with E-state index in [9.17, 15) is 13.6 Å². The van der Waals surface area contributed by atoms with Gasteiger partial charge in [0, 0.05) is 14.2 Å². The van der Waals surface area contributed by atoms with Crippen LogP contribution in [0, 0.1) is 18.8 Å². The monoisotopic (exact) mass is 686 g/mol. The van der Waals surface area contributed by atoms with Crippen molar-refractivity contribution in [3.63, 3.8) is 0 Å². The van der Waals surface area contributed by atoms with Gasteiger partial charge in [0.15, 0.2) is 14.1 Å². The lowest BCUT2D eigenvalue weighted by molar-refractivity contribution is -0.150. The van der Waals surface area contributed by atoms with E-state index in [0.29, 0.717) is 48.5 Å². The van der Waals surface area contributed by atoms with Crippen LogP contribution in [-0.4, -0.2) is 59.7 Å². The largest absolute Gasteiger partial charge is 0.462 e. The van der Waals surface area contributed by atoms with Crippen LogP contribution < -0.4 is 4.74 Å². The molecule has 1 unspecified atom stereocenters. The molecule has 0 saturated carbocycles. The SMILES string of the molecule is Cc1cc(OC(F)F)cc(CCC[C@@H]2OC(C)(C)O[C@@H]2C(C)CC[C@@H](C)[C@H](C)O[Si](C)(C)C(C)(C)C)c1C(=O)OCC[Si](C)(C)C. The molecule has 1 fully saturated rings. The first kappa shape index (κ1) is 40.8. The van der Waals surface area contributed by atoms with Crippen molar-refractivity contribution in [2.75, 3.05) is 6.61 Å². The van der Waals surface area contributed by atoms with Crippen LogP contribution in [0.15, 0.2) is 12.1 Å². The summed E-state index contributed by atoms with van der Waals surface area (Å²) in [5, 5.41) is 0.173. The fourth-order valence-electron chi connectivity index (χ4n) is 5.75. The Kier molecular flexibility index (Phi) is 14.5.